The molecule has 0 aliphatic carbocycles. The van der Waals surface area contributed by atoms with Crippen molar-refractivity contribution < 1.29 is 4.79 Å². The molecule has 100 valence electrons. The molecule has 2 aromatic rings. The molecule has 0 aliphatic heterocycles. The van der Waals surface area contributed by atoms with Crippen molar-refractivity contribution in [2.45, 2.75) is 6.54 Å². The summed E-state index contributed by atoms with van der Waals surface area (Å²) in [5.74, 6) is 0.0799. The summed E-state index contributed by atoms with van der Waals surface area (Å²) < 4.78 is 0. The highest BCUT2D eigenvalue weighted by Crippen LogP contribution is 2.09. The molecular weight excluding hydrogens is 240 g/mol. The molecule has 0 saturated carbocycles. The van der Waals surface area contributed by atoms with Crippen molar-refractivity contribution in [3.05, 3.63) is 36.2 Å². The molecule has 1 heterocycles. The fourth-order valence-corrected chi connectivity index (χ4v) is 1.78. The van der Waals surface area contributed by atoms with Crippen molar-refractivity contribution in [2.75, 3.05) is 27.7 Å². The van der Waals surface area contributed by atoms with Gasteiger partial charge in [-0.2, -0.15) is 0 Å². The topological polar surface area (TPSA) is 49.3 Å². The zero-order chi connectivity index (χ0) is 13.8. The third-order valence-electron chi connectivity index (χ3n) is 2.83. The molecule has 1 aromatic heterocycles. The quantitative estimate of drug-likeness (QED) is 0.825. The minimum Gasteiger partial charge on any atom is -0.348 e. The number of hydrogen-bond acceptors (Lipinski definition) is 4. The Morgan fingerprint density at radius 2 is 1.84 bits per heavy atom. The summed E-state index contributed by atoms with van der Waals surface area (Å²) >= 11 is 0. The van der Waals surface area contributed by atoms with Gasteiger partial charge in [-0.05, 0) is 19.2 Å². The van der Waals surface area contributed by atoms with Gasteiger partial charge in [-0.3, -0.25) is 14.7 Å². The Hall–Kier alpha value is -2.01. The molecule has 2 rings (SSSR count). The Morgan fingerprint density at radius 1 is 1.16 bits per heavy atom. The van der Waals surface area contributed by atoms with Crippen LogP contribution in [0.15, 0.2) is 30.5 Å². The van der Waals surface area contributed by atoms with Gasteiger partial charge in [-0.15, -0.1) is 0 Å². The Balaban J connectivity index is 2.06. The first kappa shape index (κ1) is 13.4. The minimum absolute atomic E-state index is 0.0799. The number of amides is 1. The van der Waals surface area contributed by atoms with Gasteiger partial charge in [-0.25, -0.2) is 4.98 Å². The molecule has 1 amide bonds. The summed E-state index contributed by atoms with van der Waals surface area (Å²) in [7, 11) is 5.41. The number of fused-ring (bicyclic) bond motifs is 1. The second-order valence-electron chi connectivity index (χ2n) is 4.81. The number of carbonyl (C=O) groups excluding carboxylic acids is 1. The smallest absolute Gasteiger partial charge is 0.236 e. The van der Waals surface area contributed by atoms with Gasteiger partial charge in [0.15, 0.2) is 0 Å². The highest BCUT2D eigenvalue weighted by atomic mass is 16.2. The van der Waals surface area contributed by atoms with Crippen LogP contribution in [0, 0.1) is 0 Å². The number of para-hydroxylation sites is 2. The molecule has 0 atom stereocenters. The first-order valence-electron chi connectivity index (χ1n) is 6.15. The lowest BCUT2D eigenvalue weighted by atomic mass is 10.3. The highest BCUT2D eigenvalue weighted by Gasteiger charge is 2.09. The van der Waals surface area contributed by atoms with Gasteiger partial charge in [0, 0.05) is 20.6 Å². The maximum atomic E-state index is 11.6. The first-order valence-corrected chi connectivity index (χ1v) is 6.15. The molecular formula is C14H18N4O. The molecule has 0 saturated heterocycles. The largest absolute Gasteiger partial charge is 0.348 e. The monoisotopic (exact) mass is 258 g/mol. The Labute approximate surface area is 112 Å². The Kier molecular flexibility index (Phi) is 4.06. The van der Waals surface area contributed by atoms with Crippen LogP contribution < -0.4 is 0 Å². The van der Waals surface area contributed by atoms with Crippen LogP contribution in [0.4, 0.5) is 0 Å². The van der Waals surface area contributed by atoms with Crippen LogP contribution in [0.3, 0.4) is 0 Å². The van der Waals surface area contributed by atoms with E-state index in [-0.39, 0.29) is 5.91 Å². The van der Waals surface area contributed by atoms with Gasteiger partial charge in [0.25, 0.3) is 0 Å². The van der Waals surface area contributed by atoms with Gasteiger partial charge in [-0.1, -0.05) is 12.1 Å². The van der Waals surface area contributed by atoms with Crippen molar-refractivity contribution in [1.82, 2.24) is 19.8 Å². The molecule has 0 radical (unpaired) electrons. The molecule has 0 unspecified atom stereocenters. The zero-order valence-electron chi connectivity index (χ0n) is 11.5. The average molecular weight is 258 g/mol. The fraction of sp³-hybridized carbons (Fsp3) is 0.357. The third-order valence-corrected chi connectivity index (χ3v) is 2.83. The van der Waals surface area contributed by atoms with Crippen LogP contribution >= 0.6 is 0 Å². The van der Waals surface area contributed by atoms with Crippen LogP contribution in [-0.2, 0) is 11.3 Å². The van der Waals surface area contributed by atoms with Gasteiger partial charge < -0.3 is 4.90 Å². The van der Waals surface area contributed by atoms with Crippen LogP contribution in [0.2, 0.25) is 0 Å². The van der Waals surface area contributed by atoms with Gasteiger partial charge in [0.2, 0.25) is 5.91 Å². The van der Waals surface area contributed by atoms with E-state index in [9.17, 15) is 4.79 Å². The predicted molar refractivity (Wildman–Crippen MR) is 74.6 cm³/mol. The average Bonchev–Trinajstić information content (AvgIpc) is 2.38. The number of rotatable bonds is 4. The van der Waals surface area contributed by atoms with Crippen molar-refractivity contribution >= 4 is 16.9 Å². The molecule has 5 heteroatoms. The number of hydrogen-bond donors (Lipinski definition) is 0. The summed E-state index contributed by atoms with van der Waals surface area (Å²) in [5, 5.41) is 0. The fourth-order valence-electron chi connectivity index (χ4n) is 1.78. The van der Waals surface area contributed by atoms with Crippen LogP contribution in [0.1, 0.15) is 5.69 Å². The molecule has 1 aromatic carbocycles. The van der Waals surface area contributed by atoms with E-state index in [0.717, 1.165) is 16.7 Å². The van der Waals surface area contributed by atoms with Crippen molar-refractivity contribution in [3.8, 4) is 0 Å². The third kappa shape index (κ3) is 3.48. The molecule has 0 aliphatic rings. The van der Waals surface area contributed by atoms with Crippen molar-refractivity contribution in [2.24, 2.45) is 0 Å². The minimum atomic E-state index is 0.0799. The number of nitrogens with zero attached hydrogens (tertiary/aromatic N) is 4. The molecule has 0 spiro atoms. The van der Waals surface area contributed by atoms with Gasteiger partial charge in [0.1, 0.15) is 0 Å². The standard InChI is InChI=1S/C14H18N4O/c1-17(2)14(19)10-18(3)9-11-8-15-12-6-4-5-7-13(12)16-11/h4-8H,9-10H2,1-3H3. The lowest BCUT2D eigenvalue weighted by Crippen LogP contribution is -2.34. The molecule has 5 nitrogen and oxygen atoms in total. The number of carbonyl (C=O) groups is 1. The van der Waals surface area contributed by atoms with Crippen molar-refractivity contribution in [3.63, 3.8) is 0 Å². The summed E-state index contributed by atoms with van der Waals surface area (Å²) in [4.78, 5) is 24.0. The molecule has 19 heavy (non-hydrogen) atoms. The SMILES string of the molecule is CN(CC(=O)N(C)C)Cc1cnc2ccccc2n1. The maximum absolute atomic E-state index is 11.6. The summed E-state index contributed by atoms with van der Waals surface area (Å²) in [5.41, 5.74) is 2.64. The lowest BCUT2D eigenvalue weighted by Gasteiger charge is -2.18. The van der Waals surface area contributed by atoms with E-state index >= 15 is 0 Å². The summed E-state index contributed by atoms with van der Waals surface area (Å²) in [6, 6.07) is 7.76. The molecule has 0 fully saturated rings. The maximum Gasteiger partial charge on any atom is 0.236 e. The number of aromatic nitrogens is 2. The first-order chi connectivity index (χ1) is 9.06. The van der Waals surface area contributed by atoms with Crippen molar-refractivity contribution in [1.29, 1.82) is 0 Å². The van der Waals surface area contributed by atoms with Crippen LogP contribution in [-0.4, -0.2) is 53.4 Å². The van der Waals surface area contributed by atoms with E-state index in [0.29, 0.717) is 13.1 Å². The van der Waals surface area contributed by atoms with Crippen LogP contribution in [0.25, 0.3) is 11.0 Å². The predicted octanol–water partition coefficient (Wildman–Crippen LogP) is 1.15. The van der Waals surface area contributed by atoms with Gasteiger partial charge in [0.05, 0.1) is 29.5 Å². The normalized spacial score (nSPS) is 10.9. The van der Waals surface area contributed by atoms with E-state index < -0.39 is 0 Å². The zero-order valence-corrected chi connectivity index (χ0v) is 11.5. The molecule has 0 N–H and O–H groups in total. The van der Waals surface area contributed by atoms with E-state index in [2.05, 4.69) is 9.97 Å². The second-order valence-corrected chi connectivity index (χ2v) is 4.81. The Bertz CT molecular complexity index is 582. The summed E-state index contributed by atoms with van der Waals surface area (Å²) in [6.45, 7) is 0.985. The lowest BCUT2D eigenvalue weighted by molar-refractivity contribution is -0.129. The molecule has 0 bridgehead atoms. The van der Waals surface area contributed by atoms with E-state index in [1.54, 1.807) is 25.2 Å². The number of benzene rings is 1. The van der Waals surface area contributed by atoms with E-state index in [1.807, 2.05) is 36.2 Å². The number of likely N-dealkylation sites (N-methyl/N-ethyl adjacent to an activating group) is 2. The highest BCUT2D eigenvalue weighted by molar-refractivity contribution is 5.77. The van der Waals surface area contributed by atoms with Crippen LogP contribution in [0.5, 0.6) is 0 Å². The Morgan fingerprint density at radius 3 is 2.53 bits per heavy atom. The second kappa shape index (κ2) is 5.75. The van der Waals surface area contributed by atoms with Gasteiger partial charge >= 0.3 is 0 Å². The van der Waals surface area contributed by atoms with E-state index in [1.165, 1.54) is 0 Å². The van der Waals surface area contributed by atoms with E-state index in [4.69, 9.17) is 0 Å². The summed E-state index contributed by atoms with van der Waals surface area (Å²) in [6.07, 6.45) is 1.76.